The highest BCUT2D eigenvalue weighted by molar-refractivity contribution is 6.31. The Morgan fingerprint density at radius 2 is 2.29 bits per heavy atom. The minimum Gasteiger partial charge on any atom is -0.375 e. The van der Waals surface area contributed by atoms with E-state index in [2.05, 4.69) is 0 Å². The van der Waals surface area contributed by atoms with Gasteiger partial charge in [-0.1, -0.05) is 23.7 Å². The normalized spacial score (nSPS) is 25.2. The second-order valence-corrected chi connectivity index (χ2v) is 4.10. The highest BCUT2D eigenvalue weighted by atomic mass is 35.5. The van der Waals surface area contributed by atoms with E-state index >= 15 is 0 Å². The molecule has 0 spiro atoms. The minimum absolute atomic E-state index is 0.388. The Bertz CT molecular complexity index is 410. The molecule has 0 bridgehead atoms. The van der Waals surface area contributed by atoms with E-state index in [-0.39, 0.29) is 0 Å². The number of rotatable bonds is 0. The molecule has 3 heteroatoms. The van der Waals surface area contributed by atoms with Crippen LogP contribution in [0.5, 0.6) is 0 Å². The first kappa shape index (κ1) is 9.51. The summed E-state index contributed by atoms with van der Waals surface area (Å²) in [4.78, 5) is 0. The van der Waals surface area contributed by atoms with E-state index in [1.807, 2.05) is 24.3 Å². The molecule has 0 aromatic heterocycles. The largest absolute Gasteiger partial charge is 0.375 e. The van der Waals surface area contributed by atoms with Gasteiger partial charge in [-0.2, -0.15) is 5.26 Å². The topological polar surface area (TPSA) is 44.0 Å². The average molecular weight is 208 g/mol. The Labute approximate surface area is 87.7 Å². The quantitative estimate of drug-likeness (QED) is 0.662. The van der Waals surface area contributed by atoms with E-state index in [4.69, 9.17) is 16.9 Å². The van der Waals surface area contributed by atoms with Gasteiger partial charge in [0.1, 0.15) is 0 Å². The number of nitrogens with zero attached hydrogens (tertiary/aromatic N) is 1. The van der Waals surface area contributed by atoms with Crippen LogP contribution >= 0.6 is 11.6 Å². The summed E-state index contributed by atoms with van der Waals surface area (Å²) >= 11 is 6.01. The van der Waals surface area contributed by atoms with Crippen molar-refractivity contribution in [3.8, 4) is 6.07 Å². The van der Waals surface area contributed by atoms with Gasteiger partial charge in [0.15, 0.2) is 5.60 Å². The average Bonchev–Trinajstić information content (AvgIpc) is 2.18. The third kappa shape index (κ3) is 1.50. The number of benzene rings is 1. The SMILES string of the molecule is N#CC1(O)CCc2c(Cl)cccc2C1. The lowest BCUT2D eigenvalue weighted by Crippen LogP contribution is -2.34. The molecule has 1 unspecified atom stereocenters. The maximum atomic E-state index is 9.81. The van der Waals surface area contributed by atoms with Crippen LogP contribution in [0.1, 0.15) is 17.5 Å². The molecule has 1 aromatic rings. The Kier molecular flexibility index (Phi) is 2.22. The predicted octanol–water partition coefficient (Wildman–Crippen LogP) is 2.08. The van der Waals surface area contributed by atoms with Crippen LogP contribution in [0.2, 0.25) is 5.02 Å². The van der Waals surface area contributed by atoms with Crippen molar-refractivity contribution in [3.63, 3.8) is 0 Å². The summed E-state index contributed by atoms with van der Waals surface area (Å²) in [5, 5.41) is 19.4. The number of hydrogen-bond acceptors (Lipinski definition) is 2. The molecule has 2 nitrogen and oxygen atoms in total. The molecule has 2 rings (SSSR count). The van der Waals surface area contributed by atoms with Gasteiger partial charge in [0.2, 0.25) is 0 Å². The highest BCUT2D eigenvalue weighted by Crippen LogP contribution is 2.32. The highest BCUT2D eigenvalue weighted by Gasteiger charge is 2.32. The monoisotopic (exact) mass is 207 g/mol. The Balaban J connectivity index is 2.42. The second kappa shape index (κ2) is 3.27. The van der Waals surface area contributed by atoms with Crippen molar-refractivity contribution in [2.24, 2.45) is 0 Å². The third-order valence-electron chi connectivity index (χ3n) is 2.70. The molecule has 1 aliphatic rings. The summed E-state index contributed by atoms with van der Waals surface area (Å²) in [5.74, 6) is 0. The molecule has 1 aromatic carbocycles. The van der Waals surface area contributed by atoms with Crippen LogP contribution in [-0.4, -0.2) is 10.7 Å². The molecular formula is C11H10ClNO. The molecule has 0 radical (unpaired) electrons. The van der Waals surface area contributed by atoms with Gasteiger partial charge in [0.25, 0.3) is 0 Å². The number of halogens is 1. The van der Waals surface area contributed by atoms with Gasteiger partial charge in [-0.15, -0.1) is 0 Å². The molecule has 1 atom stereocenters. The minimum atomic E-state index is -1.20. The molecule has 14 heavy (non-hydrogen) atoms. The molecule has 0 saturated carbocycles. The van der Waals surface area contributed by atoms with Gasteiger partial charge in [0.05, 0.1) is 6.07 Å². The van der Waals surface area contributed by atoms with Crippen molar-refractivity contribution in [3.05, 3.63) is 34.3 Å². The standard InChI is InChI=1S/C11H10ClNO/c12-10-3-1-2-8-6-11(14,7-13)5-4-9(8)10/h1-3,14H,4-6H2. The molecular weight excluding hydrogens is 198 g/mol. The number of fused-ring (bicyclic) bond motifs is 1. The Morgan fingerprint density at radius 1 is 1.50 bits per heavy atom. The van der Waals surface area contributed by atoms with Gasteiger partial charge in [-0.3, -0.25) is 0 Å². The summed E-state index contributed by atoms with van der Waals surface area (Å²) in [6.07, 6.45) is 1.54. The van der Waals surface area contributed by atoms with Crippen molar-refractivity contribution in [2.45, 2.75) is 24.9 Å². The fourth-order valence-corrected chi connectivity index (χ4v) is 2.17. The van der Waals surface area contributed by atoms with Crippen molar-refractivity contribution >= 4 is 11.6 Å². The smallest absolute Gasteiger partial charge is 0.155 e. The van der Waals surface area contributed by atoms with Crippen LogP contribution < -0.4 is 0 Å². The van der Waals surface area contributed by atoms with Gasteiger partial charge < -0.3 is 5.11 Å². The van der Waals surface area contributed by atoms with Gasteiger partial charge in [-0.05, 0) is 30.0 Å². The zero-order chi connectivity index (χ0) is 10.2. The molecule has 0 fully saturated rings. The second-order valence-electron chi connectivity index (χ2n) is 3.70. The van der Waals surface area contributed by atoms with Crippen LogP contribution in [0.15, 0.2) is 18.2 Å². The van der Waals surface area contributed by atoms with E-state index in [1.54, 1.807) is 0 Å². The molecule has 0 saturated heterocycles. The first-order valence-corrected chi connectivity index (χ1v) is 4.92. The van der Waals surface area contributed by atoms with Crippen LogP contribution in [-0.2, 0) is 12.8 Å². The van der Waals surface area contributed by atoms with E-state index in [0.717, 1.165) is 16.1 Å². The van der Waals surface area contributed by atoms with Crippen molar-refractivity contribution in [2.75, 3.05) is 0 Å². The van der Waals surface area contributed by atoms with Crippen molar-refractivity contribution in [1.82, 2.24) is 0 Å². The van der Waals surface area contributed by atoms with Crippen LogP contribution in [0.25, 0.3) is 0 Å². The summed E-state index contributed by atoms with van der Waals surface area (Å²) in [5.41, 5.74) is 0.874. The van der Waals surface area contributed by atoms with E-state index < -0.39 is 5.60 Å². The third-order valence-corrected chi connectivity index (χ3v) is 3.05. The lowest BCUT2D eigenvalue weighted by molar-refractivity contribution is 0.0840. The zero-order valence-corrected chi connectivity index (χ0v) is 8.38. The predicted molar refractivity (Wildman–Crippen MR) is 54.0 cm³/mol. The molecule has 72 valence electrons. The Morgan fingerprint density at radius 3 is 3.00 bits per heavy atom. The first-order valence-electron chi connectivity index (χ1n) is 4.54. The molecule has 0 heterocycles. The van der Waals surface area contributed by atoms with E-state index in [0.29, 0.717) is 19.3 Å². The van der Waals surface area contributed by atoms with E-state index in [1.165, 1.54) is 0 Å². The number of hydrogen-bond donors (Lipinski definition) is 1. The summed E-state index contributed by atoms with van der Waals surface area (Å²) in [6, 6.07) is 7.57. The lowest BCUT2D eigenvalue weighted by atomic mass is 9.81. The molecule has 0 aliphatic heterocycles. The molecule has 0 amide bonds. The zero-order valence-electron chi connectivity index (χ0n) is 7.63. The molecule has 1 aliphatic carbocycles. The lowest BCUT2D eigenvalue weighted by Gasteiger charge is -2.27. The van der Waals surface area contributed by atoms with Crippen LogP contribution in [0.3, 0.4) is 0 Å². The maximum absolute atomic E-state index is 9.81. The van der Waals surface area contributed by atoms with Gasteiger partial charge >= 0.3 is 0 Å². The molecule has 1 N–H and O–H groups in total. The maximum Gasteiger partial charge on any atom is 0.155 e. The summed E-state index contributed by atoms with van der Waals surface area (Å²) in [7, 11) is 0. The van der Waals surface area contributed by atoms with Crippen molar-refractivity contribution < 1.29 is 5.11 Å². The fourth-order valence-electron chi connectivity index (χ4n) is 1.88. The van der Waals surface area contributed by atoms with Crippen LogP contribution in [0, 0.1) is 11.3 Å². The summed E-state index contributed by atoms with van der Waals surface area (Å²) in [6.45, 7) is 0. The van der Waals surface area contributed by atoms with E-state index in [9.17, 15) is 5.11 Å². The Hall–Kier alpha value is -1.04. The number of aliphatic hydroxyl groups is 1. The number of nitriles is 1. The van der Waals surface area contributed by atoms with Crippen molar-refractivity contribution in [1.29, 1.82) is 5.26 Å². The van der Waals surface area contributed by atoms with Gasteiger partial charge in [0, 0.05) is 11.4 Å². The van der Waals surface area contributed by atoms with Gasteiger partial charge in [-0.25, -0.2) is 0 Å². The summed E-state index contributed by atoms with van der Waals surface area (Å²) < 4.78 is 0. The fraction of sp³-hybridized carbons (Fsp3) is 0.364. The van der Waals surface area contributed by atoms with Crippen LogP contribution in [0.4, 0.5) is 0 Å². The first-order chi connectivity index (χ1) is 6.64.